The Bertz CT molecular complexity index is 851. The second-order valence-corrected chi connectivity index (χ2v) is 6.49. The molecular weight excluding hydrogens is 310 g/mol. The molecule has 0 aliphatic heterocycles. The van der Waals surface area contributed by atoms with Crippen molar-refractivity contribution < 1.29 is 4.79 Å². The van der Waals surface area contributed by atoms with E-state index in [1.807, 2.05) is 32.0 Å². The Morgan fingerprint density at radius 2 is 2.13 bits per heavy atom. The van der Waals surface area contributed by atoms with E-state index in [0.29, 0.717) is 6.42 Å². The summed E-state index contributed by atoms with van der Waals surface area (Å²) in [6, 6.07) is 5.98. The third kappa shape index (κ3) is 3.24. The van der Waals surface area contributed by atoms with Crippen LogP contribution in [0.5, 0.6) is 0 Å². The van der Waals surface area contributed by atoms with E-state index in [4.69, 9.17) is 0 Å². The molecule has 0 unspecified atom stereocenters. The molecule has 0 bridgehead atoms. The van der Waals surface area contributed by atoms with Gasteiger partial charge in [-0.15, -0.1) is 10.2 Å². The lowest BCUT2D eigenvalue weighted by molar-refractivity contribution is -0.116. The van der Waals surface area contributed by atoms with Gasteiger partial charge in [0.15, 0.2) is 5.82 Å². The van der Waals surface area contributed by atoms with Gasteiger partial charge in [0.1, 0.15) is 5.01 Å². The van der Waals surface area contributed by atoms with Crippen LogP contribution in [0.3, 0.4) is 0 Å². The number of carbonyl (C=O) groups is 1. The fourth-order valence-corrected chi connectivity index (χ4v) is 3.15. The third-order valence-electron chi connectivity index (χ3n) is 3.66. The zero-order valence-corrected chi connectivity index (χ0v) is 14.3. The first-order valence-corrected chi connectivity index (χ1v) is 8.50. The van der Waals surface area contributed by atoms with Crippen molar-refractivity contribution in [1.82, 2.24) is 19.8 Å². The second kappa shape index (κ2) is 6.45. The van der Waals surface area contributed by atoms with Crippen molar-refractivity contribution in [2.24, 2.45) is 0 Å². The van der Waals surface area contributed by atoms with Crippen LogP contribution in [0, 0.1) is 13.8 Å². The maximum absolute atomic E-state index is 12.0. The molecule has 120 valence electrons. The zero-order valence-electron chi connectivity index (χ0n) is 13.5. The number of nitrogens with zero attached hydrogens (tertiary/aromatic N) is 4. The van der Waals surface area contributed by atoms with E-state index in [1.165, 1.54) is 11.3 Å². The van der Waals surface area contributed by atoms with Crippen LogP contribution < -0.4 is 5.32 Å². The molecule has 1 N–H and O–H groups in total. The van der Waals surface area contributed by atoms with Crippen LogP contribution in [-0.4, -0.2) is 25.7 Å². The number of carbonyl (C=O) groups excluding carboxylic acids is 1. The monoisotopic (exact) mass is 329 g/mol. The van der Waals surface area contributed by atoms with Gasteiger partial charge in [-0.05, 0) is 31.9 Å². The molecule has 1 amide bonds. The molecule has 0 saturated heterocycles. The van der Waals surface area contributed by atoms with Crippen LogP contribution in [0.1, 0.15) is 37.6 Å². The summed E-state index contributed by atoms with van der Waals surface area (Å²) in [6.45, 7) is 5.94. The topological polar surface area (TPSA) is 72.2 Å². The number of amides is 1. The van der Waals surface area contributed by atoms with Crippen LogP contribution in [0.15, 0.2) is 18.2 Å². The predicted molar refractivity (Wildman–Crippen MR) is 91.7 cm³/mol. The van der Waals surface area contributed by atoms with E-state index in [1.54, 1.807) is 4.52 Å². The SMILES string of the molecule is CCCCC(=O)Nc1cc(-c2nn3c(C)nnc3s2)ccc1C. The minimum Gasteiger partial charge on any atom is -0.326 e. The molecule has 2 heterocycles. The number of aromatic nitrogens is 4. The lowest BCUT2D eigenvalue weighted by Gasteiger charge is -2.09. The van der Waals surface area contributed by atoms with E-state index in [2.05, 4.69) is 27.5 Å². The van der Waals surface area contributed by atoms with Crippen molar-refractivity contribution in [1.29, 1.82) is 0 Å². The van der Waals surface area contributed by atoms with Gasteiger partial charge in [-0.2, -0.15) is 9.61 Å². The maximum atomic E-state index is 12.0. The predicted octanol–water partition coefficient (Wildman–Crippen LogP) is 3.60. The fourth-order valence-electron chi connectivity index (χ4n) is 2.27. The Hall–Kier alpha value is -2.28. The molecule has 3 aromatic rings. The van der Waals surface area contributed by atoms with E-state index < -0.39 is 0 Å². The van der Waals surface area contributed by atoms with Crippen LogP contribution in [-0.2, 0) is 4.79 Å². The number of fused-ring (bicyclic) bond motifs is 1. The highest BCUT2D eigenvalue weighted by Gasteiger charge is 2.12. The lowest BCUT2D eigenvalue weighted by Crippen LogP contribution is -2.12. The van der Waals surface area contributed by atoms with Crippen LogP contribution in [0.4, 0.5) is 5.69 Å². The molecule has 1 aromatic carbocycles. The summed E-state index contributed by atoms with van der Waals surface area (Å²) in [5.74, 6) is 0.823. The third-order valence-corrected chi connectivity index (χ3v) is 4.61. The Balaban J connectivity index is 1.88. The van der Waals surface area contributed by atoms with Crippen molar-refractivity contribution in [2.75, 3.05) is 5.32 Å². The molecule has 0 aliphatic carbocycles. The van der Waals surface area contributed by atoms with Crippen LogP contribution in [0.2, 0.25) is 0 Å². The molecule has 0 fully saturated rings. The minimum absolute atomic E-state index is 0.0566. The van der Waals surface area contributed by atoms with Gasteiger partial charge in [-0.25, -0.2) is 0 Å². The smallest absolute Gasteiger partial charge is 0.234 e. The second-order valence-electron chi connectivity index (χ2n) is 5.53. The van der Waals surface area contributed by atoms with E-state index in [0.717, 1.165) is 45.4 Å². The maximum Gasteiger partial charge on any atom is 0.234 e. The Morgan fingerprint density at radius 3 is 2.87 bits per heavy atom. The Labute approximate surface area is 138 Å². The van der Waals surface area contributed by atoms with Gasteiger partial charge in [0, 0.05) is 17.7 Å². The van der Waals surface area contributed by atoms with Gasteiger partial charge in [0.25, 0.3) is 0 Å². The highest BCUT2D eigenvalue weighted by Crippen LogP contribution is 2.29. The molecule has 0 spiro atoms. The number of hydrogen-bond donors (Lipinski definition) is 1. The zero-order chi connectivity index (χ0) is 16.4. The molecular formula is C16H19N5OS. The molecule has 0 saturated carbocycles. The van der Waals surface area contributed by atoms with Crippen molar-refractivity contribution in [3.63, 3.8) is 0 Å². The highest BCUT2D eigenvalue weighted by molar-refractivity contribution is 7.19. The number of benzene rings is 1. The molecule has 3 rings (SSSR count). The van der Waals surface area contributed by atoms with Gasteiger partial charge in [-0.1, -0.05) is 36.8 Å². The normalized spacial score (nSPS) is 11.1. The number of unbranched alkanes of at least 4 members (excludes halogenated alkanes) is 1. The van der Waals surface area contributed by atoms with Gasteiger partial charge >= 0.3 is 0 Å². The van der Waals surface area contributed by atoms with Gasteiger partial charge < -0.3 is 5.32 Å². The van der Waals surface area contributed by atoms with Crippen molar-refractivity contribution in [3.8, 4) is 10.6 Å². The first kappa shape index (κ1) is 15.6. The number of nitrogens with one attached hydrogen (secondary N) is 1. The van der Waals surface area contributed by atoms with E-state index in [-0.39, 0.29) is 5.91 Å². The average molecular weight is 329 g/mol. The number of aryl methyl sites for hydroxylation is 2. The molecule has 6 nitrogen and oxygen atoms in total. The Kier molecular flexibility index (Phi) is 4.38. The molecule has 0 atom stereocenters. The first-order chi connectivity index (χ1) is 11.1. The van der Waals surface area contributed by atoms with Crippen molar-refractivity contribution >= 4 is 27.9 Å². The fraction of sp³-hybridized carbons (Fsp3) is 0.375. The van der Waals surface area contributed by atoms with Gasteiger partial charge in [0.2, 0.25) is 10.9 Å². The summed E-state index contributed by atoms with van der Waals surface area (Å²) < 4.78 is 1.74. The van der Waals surface area contributed by atoms with Crippen molar-refractivity contribution in [2.45, 2.75) is 40.0 Å². The number of rotatable bonds is 5. The Morgan fingerprint density at radius 1 is 1.30 bits per heavy atom. The minimum atomic E-state index is 0.0566. The van der Waals surface area contributed by atoms with Crippen molar-refractivity contribution in [3.05, 3.63) is 29.6 Å². The first-order valence-electron chi connectivity index (χ1n) is 7.68. The molecule has 7 heteroatoms. The standard InChI is InChI=1S/C16H19N5OS/c1-4-5-6-14(22)17-13-9-12(8-7-10(13)2)15-20-21-11(3)18-19-16(21)23-15/h7-9H,4-6H2,1-3H3,(H,17,22). The molecule has 0 aliphatic rings. The van der Waals surface area contributed by atoms with Gasteiger partial charge in [0.05, 0.1) is 0 Å². The van der Waals surface area contributed by atoms with E-state index >= 15 is 0 Å². The van der Waals surface area contributed by atoms with Gasteiger partial charge in [-0.3, -0.25) is 4.79 Å². The molecule has 2 aromatic heterocycles. The summed E-state index contributed by atoms with van der Waals surface area (Å²) in [7, 11) is 0. The molecule has 23 heavy (non-hydrogen) atoms. The summed E-state index contributed by atoms with van der Waals surface area (Å²) in [5, 5.41) is 16.5. The number of anilines is 1. The molecule has 0 radical (unpaired) electrons. The summed E-state index contributed by atoms with van der Waals surface area (Å²) in [6.07, 6.45) is 2.47. The van der Waals surface area contributed by atoms with Crippen LogP contribution in [0.25, 0.3) is 15.5 Å². The largest absolute Gasteiger partial charge is 0.326 e. The average Bonchev–Trinajstić information content (AvgIpc) is 3.10. The number of hydrogen-bond acceptors (Lipinski definition) is 5. The van der Waals surface area contributed by atoms with E-state index in [9.17, 15) is 4.79 Å². The van der Waals surface area contributed by atoms with Crippen LogP contribution >= 0.6 is 11.3 Å². The lowest BCUT2D eigenvalue weighted by atomic mass is 10.1. The summed E-state index contributed by atoms with van der Waals surface area (Å²) in [5.41, 5.74) is 2.85. The summed E-state index contributed by atoms with van der Waals surface area (Å²) in [4.78, 5) is 12.7. The summed E-state index contributed by atoms with van der Waals surface area (Å²) >= 11 is 1.48. The quantitative estimate of drug-likeness (QED) is 0.776. The highest BCUT2D eigenvalue weighted by atomic mass is 32.1.